The lowest BCUT2D eigenvalue weighted by Crippen LogP contribution is -2.27. The van der Waals surface area contributed by atoms with Crippen LogP contribution in [0.15, 0.2) is 72.8 Å². The maximum Gasteiger partial charge on any atom is 0.317 e. The second-order valence-electron chi connectivity index (χ2n) is 8.03. The van der Waals surface area contributed by atoms with Gasteiger partial charge in [-0.25, -0.2) is 4.79 Å². The van der Waals surface area contributed by atoms with E-state index in [9.17, 15) is 19.7 Å². The van der Waals surface area contributed by atoms with Crippen LogP contribution in [-0.2, 0) is 11.3 Å². The Bertz CT molecular complexity index is 1320. The van der Waals surface area contributed by atoms with E-state index in [-0.39, 0.29) is 17.6 Å². The van der Waals surface area contributed by atoms with Crippen molar-refractivity contribution < 1.29 is 14.5 Å². The van der Waals surface area contributed by atoms with E-state index >= 15 is 0 Å². The number of benzene rings is 3. The van der Waals surface area contributed by atoms with Gasteiger partial charge in [0.2, 0.25) is 0 Å². The Balaban J connectivity index is 1.52. The predicted molar refractivity (Wildman–Crippen MR) is 129 cm³/mol. The number of nitro groups is 1. The number of amides is 3. The van der Waals surface area contributed by atoms with Crippen LogP contribution in [0, 0.1) is 10.1 Å². The fourth-order valence-corrected chi connectivity index (χ4v) is 4.12. The van der Waals surface area contributed by atoms with Crippen molar-refractivity contribution in [2.45, 2.75) is 6.54 Å². The zero-order chi connectivity index (χ0) is 23.7. The average molecular weight is 455 g/mol. The number of carbonyl (C=O) groups excluding carboxylic acids is 2. The molecule has 5 rings (SSSR count). The summed E-state index contributed by atoms with van der Waals surface area (Å²) in [5.74, 6) is -0.335. The molecular formula is C25H21N5O4. The number of anilines is 2. The summed E-state index contributed by atoms with van der Waals surface area (Å²) >= 11 is 0. The van der Waals surface area contributed by atoms with Gasteiger partial charge in [0.05, 0.1) is 16.2 Å². The summed E-state index contributed by atoms with van der Waals surface area (Å²) < 4.78 is 0. The van der Waals surface area contributed by atoms with Crippen molar-refractivity contribution in [1.29, 1.82) is 0 Å². The predicted octanol–water partition coefficient (Wildman–Crippen LogP) is 4.05. The molecule has 0 aromatic heterocycles. The Morgan fingerprint density at radius 2 is 1.79 bits per heavy atom. The smallest absolute Gasteiger partial charge is 0.317 e. The van der Waals surface area contributed by atoms with Gasteiger partial charge in [-0.3, -0.25) is 14.9 Å². The largest absolute Gasteiger partial charge is 0.354 e. The van der Waals surface area contributed by atoms with Crippen molar-refractivity contribution in [2.24, 2.45) is 0 Å². The Morgan fingerprint density at radius 1 is 1.03 bits per heavy atom. The zero-order valence-corrected chi connectivity index (χ0v) is 18.1. The highest BCUT2D eigenvalue weighted by Gasteiger charge is 2.30. The van der Waals surface area contributed by atoms with Gasteiger partial charge in [0.25, 0.3) is 11.6 Å². The van der Waals surface area contributed by atoms with Gasteiger partial charge in [-0.2, -0.15) is 0 Å². The Hall–Kier alpha value is -4.66. The van der Waals surface area contributed by atoms with Gasteiger partial charge in [-0.15, -0.1) is 0 Å². The van der Waals surface area contributed by atoms with Crippen molar-refractivity contribution in [3.63, 3.8) is 0 Å². The molecule has 3 aromatic rings. The number of rotatable bonds is 6. The summed E-state index contributed by atoms with van der Waals surface area (Å²) in [5, 5.41) is 20.3. The number of hydrogen-bond donors (Lipinski definition) is 3. The molecule has 2 aliphatic rings. The van der Waals surface area contributed by atoms with Crippen LogP contribution in [0.3, 0.4) is 0 Å². The minimum Gasteiger partial charge on any atom is -0.354 e. The standard InChI is InChI=1S/C25H21N5O4/c31-24-22(20-14-19(30(33)34)10-11-21(20)28-24)23(17-4-2-1-3-5-17)27-18-8-6-16(7-9-18)15-29-13-12-26-25(29)32/h1-11,14,27H,12-13,15H2,(H,26,32)(H,28,31)/b23-22-. The highest BCUT2D eigenvalue weighted by Crippen LogP contribution is 2.39. The number of urea groups is 1. The molecule has 1 fully saturated rings. The number of nitro benzene ring substituents is 1. The molecular weight excluding hydrogens is 434 g/mol. The van der Waals surface area contributed by atoms with Crippen LogP contribution in [0.25, 0.3) is 11.3 Å². The fraction of sp³-hybridized carbons (Fsp3) is 0.120. The quantitative estimate of drug-likeness (QED) is 0.295. The number of hydrogen-bond acceptors (Lipinski definition) is 5. The summed E-state index contributed by atoms with van der Waals surface area (Å²) in [6.45, 7) is 1.83. The van der Waals surface area contributed by atoms with E-state index in [4.69, 9.17) is 0 Å². The van der Waals surface area contributed by atoms with Crippen LogP contribution in [0.2, 0.25) is 0 Å². The third-order valence-corrected chi connectivity index (χ3v) is 5.81. The highest BCUT2D eigenvalue weighted by molar-refractivity contribution is 6.37. The van der Waals surface area contributed by atoms with E-state index in [2.05, 4.69) is 16.0 Å². The van der Waals surface area contributed by atoms with Gasteiger partial charge in [-0.05, 0) is 29.3 Å². The van der Waals surface area contributed by atoms with Crippen molar-refractivity contribution >= 4 is 40.3 Å². The molecule has 1 saturated heterocycles. The van der Waals surface area contributed by atoms with E-state index in [1.807, 2.05) is 54.6 Å². The minimum absolute atomic E-state index is 0.0710. The van der Waals surface area contributed by atoms with Crippen LogP contribution >= 0.6 is 0 Å². The van der Waals surface area contributed by atoms with Crippen LogP contribution in [-0.4, -0.2) is 34.9 Å². The first kappa shape index (κ1) is 21.2. The topological polar surface area (TPSA) is 117 Å². The molecule has 3 N–H and O–H groups in total. The number of fused-ring (bicyclic) bond motifs is 1. The van der Waals surface area contributed by atoms with E-state index < -0.39 is 4.92 Å². The van der Waals surface area contributed by atoms with E-state index in [1.54, 1.807) is 11.0 Å². The van der Waals surface area contributed by atoms with Crippen LogP contribution in [0.5, 0.6) is 0 Å². The first-order valence-electron chi connectivity index (χ1n) is 10.8. The molecule has 3 aromatic carbocycles. The lowest BCUT2D eigenvalue weighted by molar-refractivity contribution is -0.384. The molecule has 0 spiro atoms. The third kappa shape index (κ3) is 4.06. The van der Waals surface area contributed by atoms with Crippen LogP contribution in [0.4, 0.5) is 21.9 Å². The monoisotopic (exact) mass is 455 g/mol. The SMILES string of the molecule is O=C1Nc2ccc([N+](=O)[O-])cc2/C1=C(/Nc1ccc(CN2CCNC2=O)cc1)c1ccccc1. The van der Waals surface area contributed by atoms with E-state index in [1.165, 1.54) is 12.1 Å². The number of nitrogens with one attached hydrogen (secondary N) is 3. The minimum atomic E-state index is -0.477. The number of nitrogens with zero attached hydrogens (tertiary/aromatic N) is 2. The lowest BCUT2D eigenvalue weighted by atomic mass is 9.99. The summed E-state index contributed by atoms with van der Waals surface area (Å²) in [6, 6.07) is 21.2. The van der Waals surface area contributed by atoms with Gasteiger partial charge in [0.1, 0.15) is 0 Å². The molecule has 0 radical (unpaired) electrons. The van der Waals surface area contributed by atoms with Gasteiger partial charge in [-0.1, -0.05) is 42.5 Å². The second-order valence-corrected chi connectivity index (χ2v) is 8.03. The lowest BCUT2D eigenvalue weighted by Gasteiger charge is -2.16. The molecule has 170 valence electrons. The normalized spacial score (nSPS) is 16.1. The molecule has 2 heterocycles. The fourth-order valence-electron chi connectivity index (χ4n) is 4.12. The maximum atomic E-state index is 13.0. The molecule has 2 aliphatic heterocycles. The van der Waals surface area contributed by atoms with E-state index in [0.29, 0.717) is 42.2 Å². The molecule has 3 amide bonds. The maximum absolute atomic E-state index is 13.0. The molecule has 34 heavy (non-hydrogen) atoms. The van der Waals surface area contributed by atoms with Gasteiger partial charge in [0, 0.05) is 48.7 Å². The van der Waals surface area contributed by atoms with Crippen molar-refractivity contribution in [3.05, 3.63) is 99.6 Å². The second kappa shape index (κ2) is 8.70. The Labute approximate surface area is 195 Å². The molecule has 0 saturated carbocycles. The summed E-state index contributed by atoms with van der Waals surface area (Å²) in [6.07, 6.45) is 0. The summed E-state index contributed by atoms with van der Waals surface area (Å²) in [7, 11) is 0. The molecule has 0 bridgehead atoms. The van der Waals surface area contributed by atoms with Gasteiger partial charge < -0.3 is 20.9 Å². The van der Waals surface area contributed by atoms with Gasteiger partial charge in [0.15, 0.2) is 0 Å². The molecule has 0 aliphatic carbocycles. The third-order valence-electron chi connectivity index (χ3n) is 5.81. The Morgan fingerprint density at radius 3 is 2.47 bits per heavy atom. The van der Waals surface area contributed by atoms with Crippen molar-refractivity contribution in [2.75, 3.05) is 23.7 Å². The summed E-state index contributed by atoms with van der Waals surface area (Å²) in [5.41, 5.74) is 4.29. The molecule has 0 unspecified atom stereocenters. The molecule has 9 heteroatoms. The van der Waals surface area contributed by atoms with Crippen molar-refractivity contribution in [1.82, 2.24) is 10.2 Å². The zero-order valence-electron chi connectivity index (χ0n) is 18.1. The number of carbonyl (C=O) groups is 2. The van der Waals surface area contributed by atoms with E-state index in [0.717, 1.165) is 16.8 Å². The molecule has 0 atom stereocenters. The van der Waals surface area contributed by atoms with Gasteiger partial charge >= 0.3 is 6.03 Å². The van der Waals surface area contributed by atoms with Crippen LogP contribution < -0.4 is 16.0 Å². The van der Waals surface area contributed by atoms with Crippen LogP contribution in [0.1, 0.15) is 16.7 Å². The Kier molecular flexibility index (Phi) is 5.43. The molecule has 9 nitrogen and oxygen atoms in total. The highest BCUT2D eigenvalue weighted by atomic mass is 16.6. The first-order chi connectivity index (χ1) is 16.5. The summed E-state index contributed by atoms with van der Waals surface area (Å²) in [4.78, 5) is 37.4. The average Bonchev–Trinajstić information content (AvgIpc) is 3.40. The first-order valence-corrected chi connectivity index (χ1v) is 10.8. The number of non-ortho nitro benzene ring substituents is 1. The van der Waals surface area contributed by atoms with Crippen molar-refractivity contribution in [3.8, 4) is 0 Å².